The second kappa shape index (κ2) is 5.36. The molecule has 1 saturated heterocycles. The first-order valence-corrected chi connectivity index (χ1v) is 7.58. The third-order valence-electron chi connectivity index (χ3n) is 4.12. The molecule has 1 fully saturated rings. The van der Waals surface area contributed by atoms with Crippen LogP contribution in [0.2, 0.25) is 5.02 Å². The average Bonchev–Trinajstić information content (AvgIpc) is 2.29. The van der Waals surface area contributed by atoms with E-state index in [1.54, 1.807) is 0 Å². The fourth-order valence-corrected chi connectivity index (χ4v) is 3.28. The van der Waals surface area contributed by atoms with Crippen molar-refractivity contribution >= 4 is 17.3 Å². The van der Waals surface area contributed by atoms with Crippen molar-refractivity contribution in [3.8, 4) is 0 Å². The summed E-state index contributed by atoms with van der Waals surface area (Å²) in [7, 11) is 0. The molecule has 1 aromatic carbocycles. The van der Waals surface area contributed by atoms with Gasteiger partial charge in [-0.2, -0.15) is 0 Å². The molecule has 3 nitrogen and oxygen atoms in total. The molecule has 0 bridgehead atoms. The second-order valence-electron chi connectivity index (χ2n) is 6.91. The van der Waals surface area contributed by atoms with Gasteiger partial charge in [-0.05, 0) is 77.6 Å². The van der Waals surface area contributed by atoms with E-state index in [-0.39, 0.29) is 11.1 Å². The van der Waals surface area contributed by atoms with Crippen LogP contribution in [-0.4, -0.2) is 16.1 Å². The molecule has 0 aliphatic carbocycles. The zero-order valence-electron chi connectivity index (χ0n) is 13.1. The van der Waals surface area contributed by atoms with E-state index in [9.17, 15) is 0 Å². The Balaban J connectivity index is 2.28. The number of rotatable bonds is 2. The van der Waals surface area contributed by atoms with Crippen LogP contribution in [0.25, 0.3) is 0 Å². The maximum atomic E-state index is 5.97. The van der Waals surface area contributed by atoms with Crippen molar-refractivity contribution in [3.05, 3.63) is 28.8 Å². The minimum Gasteiger partial charge on any atom is -0.267 e. The monoisotopic (exact) mass is 293 g/mol. The summed E-state index contributed by atoms with van der Waals surface area (Å²) in [5.74, 6) is 0. The highest BCUT2D eigenvalue weighted by Gasteiger charge is 2.41. The summed E-state index contributed by atoms with van der Waals surface area (Å²) < 4.78 is 0. The molecule has 0 saturated carbocycles. The maximum absolute atomic E-state index is 5.97. The van der Waals surface area contributed by atoms with E-state index in [4.69, 9.17) is 11.6 Å². The Morgan fingerprint density at radius 1 is 1.10 bits per heavy atom. The first-order valence-electron chi connectivity index (χ1n) is 7.20. The van der Waals surface area contributed by atoms with Crippen LogP contribution < -0.4 is 0 Å². The van der Waals surface area contributed by atoms with E-state index in [2.05, 4.69) is 43.0 Å². The SMILES string of the molecule is Cc1cc(Cl)ccc1N=NN1C(C)(C)CCCC1(C)C. The molecule has 1 aliphatic rings. The Bertz CT molecular complexity index is 504. The third-order valence-corrected chi connectivity index (χ3v) is 4.36. The zero-order chi connectivity index (χ0) is 15.0. The highest BCUT2D eigenvalue weighted by Crippen LogP contribution is 2.39. The van der Waals surface area contributed by atoms with E-state index in [1.807, 2.05) is 25.1 Å². The largest absolute Gasteiger partial charge is 0.267 e. The molecule has 0 amide bonds. The lowest BCUT2D eigenvalue weighted by molar-refractivity contribution is -0.0318. The first-order chi connectivity index (χ1) is 9.22. The summed E-state index contributed by atoms with van der Waals surface area (Å²) >= 11 is 5.97. The van der Waals surface area contributed by atoms with Gasteiger partial charge in [-0.15, -0.1) is 5.11 Å². The summed E-state index contributed by atoms with van der Waals surface area (Å²) in [5, 5.41) is 11.9. The van der Waals surface area contributed by atoms with Crippen molar-refractivity contribution in [2.75, 3.05) is 0 Å². The number of halogens is 1. The van der Waals surface area contributed by atoms with Crippen LogP contribution in [-0.2, 0) is 0 Å². The van der Waals surface area contributed by atoms with Crippen molar-refractivity contribution in [1.29, 1.82) is 0 Å². The van der Waals surface area contributed by atoms with Crippen LogP contribution >= 0.6 is 11.6 Å². The molecule has 1 aromatic rings. The molecular formula is C16H24ClN3. The number of benzene rings is 1. The van der Waals surface area contributed by atoms with Crippen molar-refractivity contribution in [2.45, 2.75) is 65.0 Å². The van der Waals surface area contributed by atoms with E-state index >= 15 is 0 Å². The lowest BCUT2D eigenvalue weighted by Crippen LogP contribution is -2.55. The predicted molar refractivity (Wildman–Crippen MR) is 84.6 cm³/mol. The minimum absolute atomic E-state index is 0.0472. The van der Waals surface area contributed by atoms with Gasteiger partial charge < -0.3 is 0 Å². The molecule has 2 rings (SSSR count). The van der Waals surface area contributed by atoms with Gasteiger partial charge in [0.1, 0.15) is 0 Å². The van der Waals surface area contributed by atoms with E-state index < -0.39 is 0 Å². The highest BCUT2D eigenvalue weighted by molar-refractivity contribution is 6.30. The summed E-state index contributed by atoms with van der Waals surface area (Å²) in [6.45, 7) is 11.0. The highest BCUT2D eigenvalue weighted by atomic mass is 35.5. The third kappa shape index (κ3) is 3.14. The minimum atomic E-state index is 0.0472. The molecule has 0 radical (unpaired) electrons. The van der Waals surface area contributed by atoms with Gasteiger partial charge >= 0.3 is 0 Å². The first kappa shape index (κ1) is 15.3. The van der Waals surface area contributed by atoms with Crippen LogP contribution in [0.1, 0.15) is 52.5 Å². The molecule has 4 heteroatoms. The smallest absolute Gasteiger partial charge is 0.0904 e. The standard InChI is InChI=1S/C16H24ClN3/c1-12-11-13(17)7-8-14(12)18-19-20-15(2,3)9-6-10-16(20,4)5/h7-8,11H,6,9-10H2,1-5H3. The normalized spacial score (nSPS) is 21.4. The van der Waals surface area contributed by atoms with Gasteiger partial charge in [-0.1, -0.05) is 16.8 Å². The Morgan fingerprint density at radius 3 is 2.25 bits per heavy atom. The zero-order valence-corrected chi connectivity index (χ0v) is 13.8. The Kier molecular flexibility index (Phi) is 4.10. The molecule has 110 valence electrons. The van der Waals surface area contributed by atoms with Crippen molar-refractivity contribution in [3.63, 3.8) is 0 Å². The summed E-state index contributed by atoms with van der Waals surface area (Å²) in [4.78, 5) is 0. The fourth-order valence-electron chi connectivity index (χ4n) is 3.05. The van der Waals surface area contributed by atoms with Crippen LogP contribution in [0.15, 0.2) is 28.5 Å². The van der Waals surface area contributed by atoms with Gasteiger partial charge in [-0.25, -0.2) is 0 Å². The number of aryl methyl sites for hydroxylation is 1. The van der Waals surface area contributed by atoms with Crippen molar-refractivity contribution in [2.24, 2.45) is 10.3 Å². The van der Waals surface area contributed by atoms with Crippen LogP contribution in [0, 0.1) is 6.92 Å². The molecule has 0 unspecified atom stereocenters. The summed E-state index contributed by atoms with van der Waals surface area (Å²) in [5.41, 5.74) is 2.03. The Morgan fingerprint density at radius 2 is 1.70 bits per heavy atom. The fraction of sp³-hybridized carbons (Fsp3) is 0.625. The lowest BCUT2D eigenvalue weighted by Gasteiger charge is -2.50. The number of nitrogens with zero attached hydrogens (tertiary/aromatic N) is 3. The van der Waals surface area contributed by atoms with E-state index in [0.29, 0.717) is 0 Å². The van der Waals surface area contributed by atoms with Crippen LogP contribution in [0.3, 0.4) is 0 Å². The Hall–Kier alpha value is -1.09. The molecule has 20 heavy (non-hydrogen) atoms. The molecule has 0 atom stereocenters. The summed E-state index contributed by atoms with van der Waals surface area (Å²) in [6, 6.07) is 5.70. The molecule has 1 heterocycles. The van der Waals surface area contributed by atoms with Crippen molar-refractivity contribution in [1.82, 2.24) is 5.01 Å². The van der Waals surface area contributed by atoms with Gasteiger partial charge in [0.05, 0.1) is 16.8 Å². The number of hydrogen-bond donors (Lipinski definition) is 0. The number of piperidine rings is 1. The van der Waals surface area contributed by atoms with E-state index in [1.165, 1.54) is 6.42 Å². The predicted octanol–water partition coefficient (Wildman–Crippen LogP) is 5.69. The van der Waals surface area contributed by atoms with Crippen LogP contribution in [0.5, 0.6) is 0 Å². The van der Waals surface area contributed by atoms with Crippen molar-refractivity contribution < 1.29 is 0 Å². The lowest BCUT2D eigenvalue weighted by atomic mass is 9.82. The maximum Gasteiger partial charge on any atom is 0.0904 e. The molecule has 0 aromatic heterocycles. The van der Waals surface area contributed by atoms with Gasteiger partial charge in [0.15, 0.2) is 0 Å². The quantitative estimate of drug-likeness (QED) is 0.644. The Labute approximate surface area is 127 Å². The average molecular weight is 294 g/mol. The topological polar surface area (TPSA) is 28.0 Å². The molecule has 0 N–H and O–H groups in total. The number of hydrogen-bond acceptors (Lipinski definition) is 2. The second-order valence-corrected chi connectivity index (χ2v) is 7.35. The summed E-state index contributed by atoms with van der Waals surface area (Å²) in [6.07, 6.45) is 3.54. The molecular weight excluding hydrogens is 270 g/mol. The van der Waals surface area contributed by atoms with Gasteiger partial charge in [0.25, 0.3) is 0 Å². The van der Waals surface area contributed by atoms with Crippen LogP contribution in [0.4, 0.5) is 5.69 Å². The molecule has 0 spiro atoms. The van der Waals surface area contributed by atoms with Gasteiger partial charge in [0.2, 0.25) is 0 Å². The van der Waals surface area contributed by atoms with Gasteiger partial charge in [-0.3, -0.25) is 5.01 Å². The van der Waals surface area contributed by atoms with Gasteiger partial charge in [0, 0.05) is 5.02 Å². The molecule has 1 aliphatic heterocycles. The van der Waals surface area contributed by atoms with E-state index in [0.717, 1.165) is 29.1 Å².